The van der Waals surface area contributed by atoms with Gasteiger partial charge in [-0.05, 0) is 38.8 Å². The van der Waals surface area contributed by atoms with Crippen molar-refractivity contribution in [3.63, 3.8) is 0 Å². The van der Waals surface area contributed by atoms with Crippen molar-refractivity contribution in [1.29, 1.82) is 0 Å². The van der Waals surface area contributed by atoms with E-state index < -0.39 is 5.67 Å². The zero-order valence-corrected chi connectivity index (χ0v) is 6.78. The number of nitrogens with one attached hydrogen (secondary N) is 1. The Morgan fingerprint density at radius 1 is 1.60 bits per heavy atom. The molecule has 0 aromatic carbocycles. The van der Waals surface area contributed by atoms with Crippen LogP contribution >= 0.6 is 0 Å². The van der Waals surface area contributed by atoms with E-state index in [2.05, 4.69) is 5.32 Å². The van der Waals surface area contributed by atoms with Crippen LogP contribution in [0.4, 0.5) is 4.39 Å². The summed E-state index contributed by atoms with van der Waals surface area (Å²) in [6.07, 6.45) is 2.54. The summed E-state index contributed by atoms with van der Waals surface area (Å²) in [6, 6.07) is 0. The van der Waals surface area contributed by atoms with Gasteiger partial charge >= 0.3 is 0 Å². The van der Waals surface area contributed by atoms with Crippen molar-refractivity contribution in [3.8, 4) is 0 Å². The first-order valence-electron chi connectivity index (χ1n) is 4.02. The quantitative estimate of drug-likeness (QED) is 0.635. The average Bonchev–Trinajstić information content (AvgIpc) is 2.64. The second-order valence-corrected chi connectivity index (χ2v) is 3.33. The van der Waals surface area contributed by atoms with Crippen LogP contribution in [-0.2, 0) is 0 Å². The highest BCUT2D eigenvalue weighted by atomic mass is 19.1. The minimum absolute atomic E-state index is 0.250. The standard InChI is InChI=1S/C8H16FN/c1-7(3-6-10-2)8(9)4-5-8/h7,10H,3-6H2,1-2H3. The molecule has 60 valence electrons. The zero-order chi connectivity index (χ0) is 7.61. The summed E-state index contributed by atoms with van der Waals surface area (Å²) in [5, 5.41) is 3.03. The molecule has 1 N–H and O–H groups in total. The summed E-state index contributed by atoms with van der Waals surface area (Å²) in [7, 11) is 1.91. The fourth-order valence-electron chi connectivity index (χ4n) is 1.23. The molecule has 0 bridgehead atoms. The molecule has 1 fully saturated rings. The summed E-state index contributed by atoms with van der Waals surface area (Å²) in [4.78, 5) is 0. The van der Waals surface area contributed by atoms with Gasteiger partial charge in [-0.15, -0.1) is 0 Å². The Morgan fingerprint density at radius 2 is 2.20 bits per heavy atom. The van der Waals surface area contributed by atoms with Crippen LogP contribution in [0.25, 0.3) is 0 Å². The molecule has 1 aliphatic carbocycles. The minimum atomic E-state index is -0.781. The maximum atomic E-state index is 13.2. The van der Waals surface area contributed by atoms with Crippen LogP contribution in [0.15, 0.2) is 0 Å². The summed E-state index contributed by atoms with van der Waals surface area (Å²) < 4.78 is 13.2. The molecule has 1 rings (SSSR count). The summed E-state index contributed by atoms with van der Waals surface area (Å²) in [5.41, 5.74) is -0.781. The molecule has 2 heteroatoms. The van der Waals surface area contributed by atoms with E-state index in [1.807, 2.05) is 14.0 Å². The molecule has 0 aromatic rings. The van der Waals surface area contributed by atoms with E-state index in [9.17, 15) is 4.39 Å². The van der Waals surface area contributed by atoms with Crippen LogP contribution in [-0.4, -0.2) is 19.3 Å². The van der Waals surface area contributed by atoms with Crippen LogP contribution in [0.3, 0.4) is 0 Å². The Labute approximate surface area is 62.0 Å². The van der Waals surface area contributed by atoms with Crippen molar-refractivity contribution in [3.05, 3.63) is 0 Å². The molecular weight excluding hydrogens is 129 g/mol. The van der Waals surface area contributed by atoms with Gasteiger partial charge in [0.25, 0.3) is 0 Å². The van der Waals surface area contributed by atoms with Crippen molar-refractivity contribution >= 4 is 0 Å². The molecule has 0 aliphatic heterocycles. The Morgan fingerprint density at radius 3 is 2.60 bits per heavy atom. The Balaban J connectivity index is 2.15. The lowest BCUT2D eigenvalue weighted by Gasteiger charge is -2.14. The Kier molecular flexibility index (Phi) is 2.29. The van der Waals surface area contributed by atoms with Gasteiger partial charge in [-0.3, -0.25) is 0 Å². The molecule has 1 aliphatic rings. The zero-order valence-electron chi connectivity index (χ0n) is 6.78. The fourth-order valence-corrected chi connectivity index (χ4v) is 1.23. The molecule has 0 saturated heterocycles. The van der Waals surface area contributed by atoms with Crippen molar-refractivity contribution in [1.82, 2.24) is 5.32 Å². The lowest BCUT2D eigenvalue weighted by atomic mass is 10.0. The summed E-state index contributed by atoms with van der Waals surface area (Å²) in [5.74, 6) is 0.250. The lowest BCUT2D eigenvalue weighted by Crippen LogP contribution is -2.19. The molecule has 10 heavy (non-hydrogen) atoms. The molecule has 0 heterocycles. The van der Waals surface area contributed by atoms with E-state index in [-0.39, 0.29) is 5.92 Å². The predicted octanol–water partition coefficient (Wildman–Crippen LogP) is 1.73. The van der Waals surface area contributed by atoms with Crippen molar-refractivity contribution in [2.45, 2.75) is 31.9 Å². The summed E-state index contributed by atoms with van der Waals surface area (Å²) >= 11 is 0. The number of halogens is 1. The maximum Gasteiger partial charge on any atom is 0.113 e. The first-order chi connectivity index (χ1) is 4.69. The number of rotatable bonds is 4. The van der Waals surface area contributed by atoms with Crippen LogP contribution in [0, 0.1) is 5.92 Å². The smallest absolute Gasteiger partial charge is 0.113 e. The Bertz CT molecular complexity index is 110. The number of hydrogen-bond acceptors (Lipinski definition) is 1. The van der Waals surface area contributed by atoms with E-state index in [0.717, 1.165) is 25.8 Å². The molecule has 0 aromatic heterocycles. The van der Waals surface area contributed by atoms with E-state index in [4.69, 9.17) is 0 Å². The SMILES string of the molecule is CNCCC(C)C1(F)CC1. The molecule has 1 saturated carbocycles. The number of hydrogen-bond donors (Lipinski definition) is 1. The Hall–Kier alpha value is -0.110. The second kappa shape index (κ2) is 2.87. The van der Waals surface area contributed by atoms with Gasteiger partial charge in [0, 0.05) is 0 Å². The highest BCUT2D eigenvalue weighted by Crippen LogP contribution is 2.47. The predicted molar refractivity (Wildman–Crippen MR) is 40.8 cm³/mol. The van der Waals surface area contributed by atoms with Crippen LogP contribution < -0.4 is 5.32 Å². The van der Waals surface area contributed by atoms with Gasteiger partial charge in [0.15, 0.2) is 0 Å². The second-order valence-electron chi connectivity index (χ2n) is 3.33. The lowest BCUT2D eigenvalue weighted by molar-refractivity contribution is 0.206. The van der Waals surface area contributed by atoms with Gasteiger partial charge in [-0.25, -0.2) is 4.39 Å². The van der Waals surface area contributed by atoms with Gasteiger partial charge in [0.05, 0.1) is 0 Å². The average molecular weight is 145 g/mol. The van der Waals surface area contributed by atoms with Gasteiger partial charge in [-0.1, -0.05) is 6.92 Å². The maximum absolute atomic E-state index is 13.2. The third-order valence-electron chi connectivity index (χ3n) is 2.44. The third kappa shape index (κ3) is 1.69. The summed E-state index contributed by atoms with van der Waals surface area (Å²) in [6.45, 7) is 2.94. The van der Waals surface area contributed by atoms with Crippen molar-refractivity contribution in [2.24, 2.45) is 5.92 Å². The van der Waals surface area contributed by atoms with E-state index >= 15 is 0 Å². The number of alkyl halides is 1. The monoisotopic (exact) mass is 145 g/mol. The van der Waals surface area contributed by atoms with Crippen molar-refractivity contribution in [2.75, 3.05) is 13.6 Å². The largest absolute Gasteiger partial charge is 0.320 e. The van der Waals surface area contributed by atoms with Crippen LogP contribution in [0.5, 0.6) is 0 Å². The van der Waals surface area contributed by atoms with E-state index in [0.29, 0.717) is 0 Å². The van der Waals surface area contributed by atoms with E-state index in [1.165, 1.54) is 0 Å². The normalized spacial score (nSPS) is 24.3. The molecule has 1 nitrogen and oxygen atoms in total. The first-order valence-corrected chi connectivity index (χ1v) is 4.02. The minimum Gasteiger partial charge on any atom is -0.320 e. The third-order valence-corrected chi connectivity index (χ3v) is 2.44. The van der Waals surface area contributed by atoms with Gasteiger partial charge in [0.2, 0.25) is 0 Å². The van der Waals surface area contributed by atoms with Crippen LogP contribution in [0.1, 0.15) is 26.2 Å². The molecule has 0 amide bonds. The van der Waals surface area contributed by atoms with Gasteiger partial charge in [0.1, 0.15) is 5.67 Å². The van der Waals surface area contributed by atoms with Crippen molar-refractivity contribution < 1.29 is 4.39 Å². The highest BCUT2D eigenvalue weighted by molar-refractivity contribution is 4.98. The van der Waals surface area contributed by atoms with E-state index in [1.54, 1.807) is 0 Å². The molecule has 0 radical (unpaired) electrons. The first kappa shape index (κ1) is 7.99. The van der Waals surface area contributed by atoms with Crippen LogP contribution in [0.2, 0.25) is 0 Å². The topological polar surface area (TPSA) is 12.0 Å². The fraction of sp³-hybridized carbons (Fsp3) is 1.00. The molecular formula is C8H16FN. The van der Waals surface area contributed by atoms with Gasteiger partial charge in [-0.2, -0.15) is 0 Å². The molecule has 0 spiro atoms. The highest BCUT2D eigenvalue weighted by Gasteiger charge is 2.47. The molecule has 1 atom stereocenters. The van der Waals surface area contributed by atoms with Gasteiger partial charge < -0.3 is 5.32 Å². The molecule has 1 unspecified atom stereocenters.